The van der Waals surface area contributed by atoms with Crippen molar-refractivity contribution < 1.29 is 4.74 Å². The van der Waals surface area contributed by atoms with Crippen LogP contribution in [0.25, 0.3) is 10.4 Å². The van der Waals surface area contributed by atoms with Crippen LogP contribution in [-0.4, -0.2) is 6.10 Å². The lowest BCUT2D eigenvalue weighted by molar-refractivity contribution is 0.0473. The Balaban J connectivity index is 1.63. The van der Waals surface area contributed by atoms with Crippen molar-refractivity contribution in [1.29, 1.82) is 0 Å². The first-order valence-electron chi connectivity index (χ1n) is 6.67. The molecule has 3 rings (SSSR count). The first-order valence-corrected chi connectivity index (χ1v) is 7.49. The molecular formula is C16H18OS. The lowest BCUT2D eigenvalue weighted by atomic mass is 10.2. The Hall–Kier alpha value is -1.12. The first kappa shape index (κ1) is 11.9. The van der Waals surface area contributed by atoms with E-state index < -0.39 is 0 Å². The van der Waals surface area contributed by atoms with E-state index in [1.807, 2.05) is 11.3 Å². The Morgan fingerprint density at radius 3 is 2.56 bits per heavy atom. The van der Waals surface area contributed by atoms with E-state index in [0.29, 0.717) is 6.10 Å². The Morgan fingerprint density at radius 2 is 1.78 bits per heavy atom. The molecule has 0 bridgehead atoms. The molecule has 0 radical (unpaired) electrons. The molecule has 18 heavy (non-hydrogen) atoms. The molecule has 0 spiro atoms. The SMILES string of the molecule is c1ccc(-c2ccc(COC3CCCC3)s2)cc1. The summed E-state index contributed by atoms with van der Waals surface area (Å²) in [5.41, 5.74) is 1.30. The van der Waals surface area contributed by atoms with Gasteiger partial charge in [-0.05, 0) is 30.5 Å². The van der Waals surface area contributed by atoms with Gasteiger partial charge < -0.3 is 4.74 Å². The van der Waals surface area contributed by atoms with Gasteiger partial charge >= 0.3 is 0 Å². The normalized spacial score (nSPS) is 16.2. The van der Waals surface area contributed by atoms with Gasteiger partial charge in [0.1, 0.15) is 0 Å². The van der Waals surface area contributed by atoms with Gasteiger partial charge in [-0.15, -0.1) is 11.3 Å². The van der Waals surface area contributed by atoms with Gasteiger partial charge in [0.15, 0.2) is 0 Å². The van der Waals surface area contributed by atoms with E-state index in [-0.39, 0.29) is 0 Å². The molecule has 1 aliphatic rings. The van der Waals surface area contributed by atoms with Gasteiger partial charge in [0.2, 0.25) is 0 Å². The van der Waals surface area contributed by atoms with Gasteiger partial charge in [0.25, 0.3) is 0 Å². The first-order chi connectivity index (χ1) is 8.92. The van der Waals surface area contributed by atoms with E-state index in [9.17, 15) is 0 Å². The zero-order chi connectivity index (χ0) is 12.2. The third-order valence-corrected chi connectivity index (χ3v) is 4.59. The minimum Gasteiger partial charge on any atom is -0.373 e. The molecule has 0 unspecified atom stereocenters. The van der Waals surface area contributed by atoms with Crippen LogP contribution in [0.15, 0.2) is 42.5 Å². The fraction of sp³-hybridized carbons (Fsp3) is 0.375. The number of thiophene rings is 1. The van der Waals surface area contributed by atoms with Crippen molar-refractivity contribution >= 4 is 11.3 Å². The van der Waals surface area contributed by atoms with Crippen LogP contribution < -0.4 is 0 Å². The van der Waals surface area contributed by atoms with Crippen LogP contribution in [0.5, 0.6) is 0 Å². The minimum atomic E-state index is 0.507. The maximum Gasteiger partial charge on any atom is 0.0813 e. The highest BCUT2D eigenvalue weighted by Gasteiger charge is 2.15. The van der Waals surface area contributed by atoms with Gasteiger partial charge in [-0.2, -0.15) is 0 Å². The number of ether oxygens (including phenoxy) is 1. The summed E-state index contributed by atoms with van der Waals surface area (Å²) in [6.07, 6.45) is 5.68. The second-order valence-electron chi connectivity index (χ2n) is 4.85. The van der Waals surface area contributed by atoms with Gasteiger partial charge in [0, 0.05) is 9.75 Å². The number of hydrogen-bond donors (Lipinski definition) is 0. The average molecular weight is 258 g/mol. The molecule has 0 saturated heterocycles. The van der Waals surface area contributed by atoms with E-state index in [4.69, 9.17) is 4.74 Å². The Morgan fingerprint density at radius 1 is 1.00 bits per heavy atom. The molecule has 1 nitrogen and oxygen atoms in total. The van der Waals surface area contributed by atoms with Crippen LogP contribution in [0.1, 0.15) is 30.6 Å². The minimum absolute atomic E-state index is 0.507. The number of benzene rings is 1. The van der Waals surface area contributed by atoms with Crippen molar-refractivity contribution in [2.45, 2.75) is 38.4 Å². The summed E-state index contributed by atoms with van der Waals surface area (Å²) < 4.78 is 5.95. The zero-order valence-electron chi connectivity index (χ0n) is 10.5. The third kappa shape index (κ3) is 2.82. The van der Waals surface area contributed by atoms with Crippen LogP contribution >= 0.6 is 11.3 Å². The molecule has 1 aliphatic carbocycles. The highest BCUT2D eigenvalue weighted by atomic mass is 32.1. The summed E-state index contributed by atoms with van der Waals surface area (Å²) >= 11 is 1.84. The lowest BCUT2D eigenvalue weighted by Gasteiger charge is -2.09. The molecule has 2 aromatic rings. The van der Waals surface area contributed by atoms with E-state index >= 15 is 0 Å². The molecule has 1 fully saturated rings. The molecule has 0 atom stereocenters. The van der Waals surface area contributed by atoms with Crippen LogP contribution in [-0.2, 0) is 11.3 Å². The smallest absolute Gasteiger partial charge is 0.0813 e. The van der Waals surface area contributed by atoms with E-state index in [1.54, 1.807) is 0 Å². The molecule has 0 N–H and O–H groups in total. The van der Waals surface area contributed by atoms with Gasteiger partial charge in [-0.3, -0.25) is 0 Å². The molecule has 1 aromatic carbocycles. The fourth-order valence-corrected chi connectivity index (χ4v) is 3.40. The number of hydrogen-bond acceptors (Lipinski definition) is 2. The predicted octanol–water partition coefficient (Wildman–Crippen LogP) is 4.87. The summed E-state index contributed by atoms with van der Waals surface area (Å²) in [5.74, 6) is 0. The summed E-state index contributed by atoms with van der Waals surface area (Å²) in [7, 11) is 0. The summed E-state index contributed by atoms with van der Waals surface area (Å²) in [4.78, 5) is 2.67. The second-order valence-corrected chi connectivity index (χ2v) is 6.02. The molecule has 94 valence electrons. The molecule has 0 amide bonds. The third-order valence-electron chi connectivity index (χ3n) is 3.48. The van der Waals surface area contributed by atoms with Crippen LogP contribution in [0.4, 0.5) is 0 Å². The topological polar surface area (TPSA) is 9.23 Å². The highest BCUT2D eigenvalue weighted by molar-refractivity contribution is 7.15. The second kappa shape index (κ2) is 5.68. The van der Waals surface area contributed by atoms with E-state index in [1.165, 1.54) is 41.0 Å². The van der Waals surface area contributed by atoms with Crippen LogP contribution in [0.3, 0.4) is 0 Å². The Labute approximate surface area is 112 Å². The summed E-state index contributed by atoms with van der Waals surface area (Å²) in [5, 5.41) is 0. The Bertz CT molecular complexity index is 483. The largest absolute Gasteiger partial charge is 0.373 e. The quantitative estimate of drug-likeness (QED) is 0.760. The van der Waals surface area contributed by atoms with Gasteiger partial charge in [-0.25, -0.2) is 0 Å². The molecule has 1 heterocycles. The molecule has 1 aromatic heterocycles. The van der Waals surface area contributed by atoms with Crippen molar-refractivity contribution in [3.63, 3.8) is 0 Å². The van der Waals surface area contributed by atoms with Gasteiger partial charge in [-0.1, -0.05) is 43.2 Å². The van der Waals surface area contributed by atoms with Gasteiger partial charge in [0.05, 0.1) is 12.7 Å². The predicted molar refractivity (Wildman–Crippen MR) is 76.8 cm³/mol. The molecular weight excluding hydrogens is 240 g/mol. The van der Waals surface area contributed by atoms with Crippen molar-refractivity contribution in [3.8, 4) is 10.4 Å². The van der Waals surface area contributed by atoms with Crippen molar-refractivity contribution in [2.75, 3.05) is 0 Å². The standard InChI is InChI=1S/C16H18OS/c1-2-6-13(7-3-1)16-11-10-15(18-16)12-17-14-8-4-5-9-14/h1-3,6-7,10-11,14H,4-5,8-9,12H2. The lowest BCUT2D eigenvalue weighted by Crippen LogP contribution is -2.06. The maximum atomic E-state index is 5.95. The average Bonchev–Trinajstić information content (AvgIpc) is 3.09. The molecule has 0 aliphatic heterocycles. The number of rotatable bonds is 4. The Kier molecular flexibility index (Phi) is 3.77. The van der Waals surface area contributed by atoms with Crippen molar-refractivity contribution in [1.82, 2.24) is 0 Å². The highest BCUT2D eigenvalue weighted by Crippen LogP contribution is 2.29. The summed E-state index contributed by atoms with van der Waals surface area (Å²) in [6.45, 7) is 0.780. The molecule has 2 heteroatoms. The summed E-state index contributed by atoms with van der Waals surface area (Å²) in [6, 6.07) is 14.9. The van der Waals surface area contributed by atoms with Crippen LogP contribution in [0, 0.1) is 0 Å². The fourth-order valence-electron chi connectivity index (χ4n) is 2.47. The van der Waals surface area contributed by atoms with Crippen molar-refractivity contribution in [2.24, 2.45) is 0 Å². The zero-order valence-corrected chi connectivity index (χ0v) is 11.3. The monoisotopic (exact) mass is 258 g/mol. The maximum absolute atomic E-state index is 5.95. The van der Waals surface area contributed by atoms with Crippen molar-refractivity contribution in [3.05, 3.63) is 47.3 Å². The van der Waals surface area contributed by atoms with Crippen LogP contribution in [0.2, 0.25) is 0 Å². The molecule has 1 saturated carbocycles. The van der Waals surface area contributed by atoms with E-state index in [0.717, 1.165) is 6.61 Å². The van der Waals surface area contributed by atoms with E-state index in [2.05, 4.69) is 42.5 Å².